The van der Waals surface area contributed by atoms with Gasteiger partial charge in [0.2, 0.25) is 0 Å². The van der Waals surface area contributed by atoms with Crippen LogP contribution in [0.1, 0.15) is 1.43 Å². The van der Waals surface area contributed by atoms with E-state index in [9.17, 15) is 0 Å². The van der Waals surface area contributed by atoms with Crippen LogP contribution in [0, 0.1) is 0 Å². The zero-order valence-electron chi connectivity index (χ0n) is 7.46. The van der Waals surface area contributed by atoms with Gasteiger partial charge in [-0.1, -0.05) is 31.2 Å². The Morgan fingerprint density at radius 1 is 1.25 bits per heavy atom. The second-order valence-corrected chi connectivity index (χ2v) is 3.44. The maximum atomic E-state index is 3.21. The summed E-state index contributed by atoms with van der Waals surface area (Å²) in [6, 6.07) is 8.56. The van der Waals surface area contributed by atoms with E-state index in [0.29, 0.717) is 6.71 Å². The predicted octanol–water partition coefficient (Wildman–Crippen LogP) is 2.38. The van der Waals surface area contributed by atoms with E-state index >= 15 is 0 Å². The summed E-state index contributed by atoms with van der Waals surface area (Å²) in [5.41, 5.74) is 2.66. The summed E-state index contributed by atoms with van der Waals surface area (Å²) < 4.78 is 0. The molecule has 0 radical (unpaired) electrons. The van der Waals surface area contributed by atoms with E-state index in [0.717, 1.165) is 0 Å². The highest BCUT2D eigenvalue weighted by molar-refractivity contribution is 6.73. The Kier molecular flexibility index (Phi) is 1.68. The normalized spacial score (nSPS) is 10.5. The molecule has 1 N–H and O–H groups in total. The molecule has 0 atom stereocenters. The minimum atomic E-state index is 0. The van der Waals surface area contributed by atoms with Crippen LogP contribution in [0.2, 0.25) is 13.6 Å². The first-order valence-corrected chi connectivity index (χ1v) is 4.35. The van der Waals surface area contributed by atoms with Crippen LogP contribution in [0.4, 0.5) is 0 Å². The first-order valence-electron chi connectivity index (χ1n) is 4.35. The maximum Gasteiger partial charge on any atom is 0.170 e. The molecule has 2 rings (SSSR count). The van der Waals surface area contributed by atoms with Gasteiger partial charge in [-0.3, -0.25) is 0 Å². The smallest absolute Gasteiger partial charge is 0.170 e. The summed E-state index contributed by atoms with van der Waals surface area (Å²) >= 11 is 0. The van der Waals surface area contributed by atoms with Crippen molar-refractivity contribution in [2.75, 3.05) is 0 Å². The van der Waals surface area contributed by atoms with Gasteiger partial charge in [0.15, 0.2) is 6.71 Å². The Morgan fingerprint density at radius 2 is 2.08 bits per heavy atom. The Hall–Kier alpha value is -1.18. The van der Waals surface area contributed by atoms with Gasteiger partial charge in [-0.05, 0) is 17.5 Å². The number of H-pyrrole nitrogens is 1. The molecule has 0 fully saturated rings. The van der Waals surface area contributed by atoms with Gasteiger partial charge >= 0.3 is 0 Å². The zero-order chi connectivity index (χ0) is 8.55. The van der Waals surface area contributed by atoms with Crippen molar-refractivity contribution in [2.24, 2.45) is 0 Å². The van der Waals surface area contributed by atoms with Crippen LogP contribution in [-0.2, 0) is 0 Å². The first-order chi connectivity index (χ1) is 5.79. The molecule has 2 heteroatoms. The largest absolute Gasteiger partial charge is 0.361 e. The molecule has 1 heterocycles. The number of rotatable bonds is 1. The van der Waals surface area contributed by atoms with Crippen molar-refractivity contribution in [3.05, 3.63) is 30.5 Å². The van der Waals surface area contributed by atoms with Crippen LogP contribution < -0.4 is 5.46 Å². The molecule has 0 saturated carbocycles. The van der Waals surface area contributed by atoms with Crippen molar-refractivity contribution in [3.63, 3.8) is 0 Å². The Balaban J connectivity index is 0.000000845. The Morgan fingerprint density at radius 3 is 2.83 bits per heavy atom. The molecular formula is C10H14BN. The van der Waals surface area contributed by atoms with Crippen molar-refractivity contribution in [1.29, 1.82) is 0 Å². The average Bonchev–Trinajstić information content (AvgIpc) is 2.49. The molecule has 1 aromatic carbocycles. The topological polar surface area (TPSA) is 15.8 Å². The summed E-state index contributed by atoms with van der Waals surface area (Å²) in [5, 5.41) is 1.35. The monoisotopic (exact) mass is 159 g/mol. The van der Waals surface area contributed by atoms with E-state index in [4.69, 9.17) is 0 Å². The summed E-state index contributed by atoms with van der Waals surface area (Å²) in [4.78, 5) is 3.21. The molecule has 0 aliphatic rings. The van der Waals surface area contributed by atoms with E-state index in [1.165, 1.54) is 16.4 Å². The Labute approximate surface area is 74.4 Å². The van der Waals surface area contributed by atoms with Gasteiger partial charge in [0.05, 0.1) is 0 Å². The molecule has 0 saturated heterocycles. The molecule has 1 nitrogen and oxygen atoms in total. The minimum absolute atomic E-state index is 0. The lowest BCUT2D eigenvalue weighted by atomic mass is 9.49. The quantitative estimate of drug-likeness (QED) is 0.614. The lowest BCUT2D eigenvalue weighted by Gasteiger charge is -2.03. The van der Waals surface area contributed by atoms with Gasteiger partial charge < -0.3 is 4.98 Å². The molecule has 2 aromatic rings. The lowest BCUT2D eigenvalue weighted by Crippen LogP contribution is -2.22. The predicted molar refractivity (Wildman–Crippen MR) is 57.5 cm³/mol. The summed E-state index contributed by atoms with van der Waals surface area (Å²) in [7, 11) is 0. The van der Waals surface area contributed by atoms with Crippen molar-refractivity contribution < 1.29 is 1.43 Å². The second kappa shape index (κ2) is 2.70. The third kappa shape index (κ3) is 1.04. The van der Waals surface area contributed by atoms with Crippen LogP contribution in [0.3, 0.4) is 0 Å². The second-order valence-electron chi connectivity index (χ2n) is 3.44. The standard InChI is InChI=1S/C10H12BN.H2/c1-11(2)9-4-3-5-10-8(9)6-7-12-10;/h3-7,12H,1-2H3;1H. The van der Waals surface area contributed by atoms with Crippen molar-refractivity contribution >= 4 is 23.1 Å². The summed E-state index contributed by atoms with van der Waals surface area (Å²) in [5.74, 6) is 0. The number of aromatic nitrogens is 1. The number of nitrogens with one attached hydrogen (secondary N) is 1. The molecule has 0 unspecified atom stereocenters. The summed E-state index contributed by atoms with van der Waals surface area (Å²) in [6.07, 6.45) is 2.00. The number of fused-ring (bicyclic) bond motifs is 1. The van der Waals surface area contributed by atoms with E-state index in [1.807, 2.05) is 6.20 Å². The molecule has 0 aliphatic carbocycles. The zero-order valence-corrected chi connectivity index (χ0v) is 7.46. The van der Waals surface area contributed by atoms with E-state index in [1.54, 1.807) is 0 Å². The summed E-state index contributed by atoms with van der Waals surface area (Å²) in [6.45, 7) is 5.05. The molecule has 0 amide bonds. The molecule has 0 aliphatic heterocycles. The van der Waals surface area contributed by atoms with Gasteiger partial charge in [0.25, 0.3) is 0 Å². The first kappa shape index (κ1) is 7.47. The highest BCUT2D eigenvalue weighted by Crippen LogP contribution is 2.09. The lowest BCUT2D eigenvalue weighted by molar-refractivity contribution is 1.48. The van der Waals surface area contributed by atoms with Crippen molar-refractivity contribution in [1.82, 2.24) is 4.98 Å². The van der Waals surface area contributed by atoms with Gasteiger partial charge in [-0.2, -0.15) is 0 Å². The fourth-order valence-electron chi connectivity index (χ4n) is 1.61. The van der Waals surface area contributed by atoms with Crippen LogP contribution in [0.15, 0.2) is 30.5 Å². The number of aromatic amines is 1. The Bertz CT molecular complexity index is 394. The molecule has 12 heavy (non-hydrogen) atoms. The molecule has 1 aromatic heterocycles. The van der Waals surface area contributed by atoms with Crippen LogP contribution >= 0.6 is 0 Å². The van der Waals surface area contributed by atoms with Crippen molar-refractivity contribution in [2.45, 2.75) is 13.6 Å². The highest BCUT2D eigenvalue weighted by atomic mass is 14.7. The SMILES string of the molecule is CB(C)c1cccc2[nH]ccc12.[HH]. The van der Waals surface area contributed by atoms with Crippen LogP contribution in [-0.4, -0.2) is 11.7 Å². The third-order valence-electron chi connectivity index (χ3n) is 2.25. The van der Waals surface area contributed by atoms with E-state index in [2.05, 4.69) is 42.9 Å². The van der Waals surface area contributed by atoms with E-state index < -0.39 is 0 Å². The van der Waals surface area contributed by atoms with Crippen LogP contribution in [0.25, 0.3) is 10.9 Å². The van der Waals surface area contributed by atoms with Gasteiger partial charge in [-0.25, -0.2) is 0 Å². The van der Waals surface area contributed by atoms with Crippen LogP contribution in [0.5, 0.6) is 0 Å². The third-order valence-corrected chi connectivity index (χ3v) is 2.25. The fourth-order valence-corrected chi connectivity index (χ4v) is 1.61. The maximum absolute atomic E-state index is 3.21. The molecular weight excluding hydrogens is 145 g/mol. The number of benzene rings is 1. The average molecular weight is 159 g/mol. The fraction of sp³-hybridized carbons (Fsp3) is 0.200. The number of hydrogen-bond acceptors (Lipinski definition) is 0. The molecule has 62 valence electrons. The van der Waals surface area contributed by atoms with Gasteiger partial charge in [0.1, 0.15) is 0 Å². The number of hydrogen-bond donors (Lipinski definition) is 1. The molecule has 0 bridgehead atoms. The minimum Gasteiger partial charge on any atom is -0.361 e. The highest BCUT2D eigenvalue weighted by Gasteiger charge is 2.06. The van der Waals surface area contributed by atoms with Crippen molar-refractivity contribution in [3.8, 4) is 0 Å². The van der Waals surface area contributed by atoms with E-state index in [-0.39, 0.29) is 1.43 Å². The van der Waals surface area contributed by atoms with Gasteiger partial charge in [0, 0.05) is 13.1 Å². The molecule has 0 spiro atoms. The van der Waals surface area contributed by atoms with Gasteiger partial charge in [-0.15, -0.1) is 0 Å².